The number of pyridine rings is 1. The first kappa shape index (κ1) is 8.47. The van der Waals surface area contributed by atoms with Gasteiger partial charge in [0.15, 0.2) is 0 Å². The second-order valence-corrected chi connectivity index (χ2v) is 4.05. The van der Waals surface area contributed by atoms with Crippen LogP contribution < -0.4 is 5.73 Å². The first-order valence-corrected chi connectivity index (χ1v) is 4.96. The van der Waals surface area contributed by atoms with Gasteiger partial charge in [-0.05, 0) is 25.0 Å². The fourth-order valence-corrected chi connectivity index (χ4v) is 2.07. The second-order valence-electron chi connectivity index (χ2n) is 4.05. The number of carbonyl (C=O) groups is 1. The minimum atomic E-state index is -0.510. The highest BCUT2D eigenvalue weighted by Crippen LogP contribution is 2.48. The summed E-state index contributed by atoms with van der Waals surface area (Å²) in [5.41, 5.74) is 6.66. The van der Waals surface area contributed by atoms with Crippen LogP contribution in [0.4, 0.5) is 0 Å². The number of aromatic nitrogens is 2. The van der Waals surface area contributed by atoms with Crippen LogP contribution in [0.1, 0.15) is 18.5 Å². The Hall–Kier alpha value is -1.84. The fourth-order valence-electron chi connectivity index (χ4n) is 2.07. The van der Waals surface area contributed by atoms with Gasteiger partial charge in [0.1, 0.15) is 0 Å². The molecule has 1 saturated carbocycles. The van der Waals surface area contributed by atoms with Crippen LogP contribution in [0.5, 0.6) is 0 Å². The first-order valence-electron chi connectivity index (χ1n) is 4.96. The zero-order chi connectivity index (χ0) is 10.5. The summed E-state index contributed by atoms with van der Waals surface area (Å²) in [6.07, 6.45) is 5.21. The highest BCUT2D eigenvalue weighted by atomic mass is 16.1. The zero-order valence-electron chi connectivity index (χ0n) is 8.16. The van der Waals surface area contributed by atoms with Crippen molar-refractivity contribution in [1.82, 2.24) is 9.97 Å². The van der Waals surface area contributed by atoms with Gasteiger partial charge in [-0.25, -0.2) is 0 Å². The van der Waals surface area contributed by atoms with Crippen molar-refractivity contribution in [2.24, 2.45) is 5.73 Å². The molecule has 2 aromatic heterocycles. The van der Waals surface area contributed by atoms with Crippen molar-refractivity contribution in [3.8, 4) is 0 Å². The molecular formula is C11H11N3O. The molecule has 3 N–H and O–H groups in total. The summed E-state index contributed by atoms with van der Waals surface area (Å²) in [7, 11) is 0. The molecule has 1 aliphatic carbocycles. The SMILES string of the molecule is NC(=O)C1(c2nccc3cc[nH]c23)CC1. The summed E-state index contributed by atoms with van der Waals surface area (Å²) >= 11 is 0. The van der Waals surface area contributed by atoms with Crippen molar-refractivity contribution in [3.63, 3.8) is 0 Å². The van der Waals surface area contributed by atoms with E-state index in [0.717, 1.165) is 29.4 Å². The van der Waals surface area contributed by atoms with Crippen LogP contribution in [0.15, 0.2) is 24.5 Å². The standard InChI is InChI=1S/C11H11N3O/c12-10(15)11(3-4-11)9-8-7(1-5-13-8)2-6-14-9/h1-2,5-6,13H,3-4H2,(H2,12,15). The molecule has 0 bridgehead atoms. The lowest BCUT2D eigenvalue weighted by atomic mass is 9.99. The highest BCUT2D eigenvalue weighted by molar-refractivity contribution is 5.94. The van der Waals surface area contributed by atoms with Crippen LogP contribution in [0.25, 0.3) is 10.9 Å². The van der Waals surface area contributed by atoms with E-state index in [1.54, 1.807) is 6.20 Å². The first-order chi connectivity index (χ1) is 7.24. The number of nitrogens with zero attached hydrogens (tertiary/aromatic N) is 1. The van der Waals surface area contributed by atoms with Crippen LogP contribution >= 0.6 is 0 Å². The molecule has 1 amide bonds. The molecule has 0 unspecified atom stereocenters. The van der Waals surface area contributed by atoms with Gasteiger partial charge in [0.05, 0.1) is 16.6 Å². The summed E-state index contributed by atoms with van der Waals surface area (Å²) in [6.45, 7) is 0. The number of primary amides is 1. The van der Waals surface area contributed by atoms with Crippen LogP contribution in [-0.2, 0) is 10.2 Å². The Morgan fingerprint density at radius 2 is 2.27 bits per heavy atom. The molecule has 15 heavy (non-hydrogen) atoms. The van der Waals surface area contributed by atoms with Gasteiger partial charge in [-0.3, -0.25) is 9.78 Å². The number of hydrogen-bond donors (Lipinski definition) is 2. The molecule has 2 aromatic rings. The van der Waals surface area contributed by atoms with Gasteiger partial charge in [-0.15, -0.1) is 0 Å². The second kappa shape index (κ2) is 2.59. The van der Waals surface area contributed by atoms with E-state index in [1.165, 1.54) is 0 Å². The Kier molecular flexibility index (Phi) is 1.46. The van der Waals surface area contributed by atoms with Crippen molar-refractivity contribution in [2.75, 3.05) is 0 Å². The summed E-state index contributed by atoms with van der Waals surface area (Å²) in [4.78, 5) is 18.8. The van der Waals surface area contributed by atoms with Gasteiger partial charge >= 0.3 is 0 Å². The van der Waals surface area contributed by atoms with Gasteiger partial charge < -0.3 is 10.7 Å². The third kappa shape index (κ3) is 1.02. The summed E-state index contributed by atoms with van der Waals surface area (Å²) in [6, 6.07) is 3.89. The van der Waals surface area contributed by atoms with Crippen molar-refractivity contribution >= 4 is 16.8 Å². The van der Waals surface area contributed by atoms with E-state index in [4.69, 9.17) is 5.73 Å². The van der Waals surface area contributed by atoms with E-state index < -0.39 is 5.41 Å². The number of nitrogens with one attached hydrogen (secondary N) is 1. The molecule has 0 saturated heterocycles. The maximum absolute atomic E-state index is 11.4. The third-order valence-electron chi connectivity index (χ3n) is 3.15. The maximum Gasteiger partial charge on any atom is 0.229 e. The Morgan fingerprint density at radius 3 is 2.93 bits per heavy atom. The molecule has 0 radical (unpaired) electrons. The predicted octanol–water partition coefficient (Wildman–Crippen LogP) is 1.08. The average molecular weight is 201 g/mol. The minimum Gasteiger partial charge on any atom is -0.369 e. The molecule has 76 valence electrons. The van der Waals surface area contributed by atoms with E-state index in [0.29, 0.717) is 0 Å². The lowest BCUT2D eigenvalue weighted by molar-refractivity contribution is -0.120. The molecular weight excluding hydrogens is 190 g/mol. The smallest absolute Gasteiger partial charge is 0.229 e. The zero-order valence-corrected chi connectivity index (χ0v) is 8.16. The van der Waals surface area contributed by atoms with Gasteiger partial charge in [0.2, 0.25) is 5.91 Å². The van der Waals surface area contributed by atoms with Crippen LogP contribution in [0.2, 0.25) is 0 Å². The summed E-state index contributed by atoms with van der Waals surface area (Å²) < 4.78 is 0. The van der Waals surface area contributed by atoms with Crippen LogP contribution in [-0.4, -0.2) is 15.9 Å². The molecule has 1 fully saturated rings. The number of hydrogen-bond acceptors (Lipinski definition) is 2. The minimum absolute atomic E-state index is 0.267. The number of carbonyl (C=O) groups excluding carboxylic acids is 1. The van der Waals surface area contributed by atoms with Crippen molar-refractivity contribution in [3.05, 3.63) is 30.2 Å². The maximum atomic E-state index is 11.4. The molecule has 0 aromatic carbocycles. The van der Waals surface area contributed by atoms with Gasteiger partial charge in [0, 0.05) is 17.8 Å². The van der Waals surface area contributed by atoms with E-state index in [2.05, 4.69) is 9.97 Å². The number of amides is 1. The van der Waals surface area contributed by atoms with Crippen molar-refractivity contribution in [1.29, 1.82) is 0 Å². The predicted molar refractivity (Wildman–Crippen MR) is 56.2 cm³/mol. The average Bonchev–Trinajstić information content (AvgIpc) is 2.89. The lowest BCUT2D eigenvalue weighted by Gasteiger charge is -2.10. The number of nitrogens with two attached hydrogens (primary N) is 1. The van der Waals surface area contributed by atoms with Gasteiger partial charge in [-0.1, -0.05) is 0 Å². The van der Waals surface area contributed by atoms with Gasteiger partial charge in [-0.2, -0.15) is 0 Å². The normalized spacial score (nSPS) is 17.9. The highest BCUT2D eigenvalue weighted by Gasteiger charge is 2.52. The summed E-state index contributed by atoms with van der Waals surface area (Å²) in [5, 5.41) is 1.08. The summed E-state index contributed by atoms with van der Waals surface area (Å²) in [5.74, 6) is -0.267. The van der Waals surface area contributed by atoms with Crippen LogP contribution in [0, 0.1) is 0 Å². The van der Waals surface area contributed by atoms with E-state index in [1.807, 2.05) is 18.3 Å². The molecule has 3 rings (SSSR count). The van der Waals surface area contributed by atoms with E-state index >= 15 is 0 Å². The van der Waals surface area contributed by atoms with E-state index in [-0.39, 0.29) is 5.91 Å². The monoisotopic (exact) mass is 201 g/mol. The Balaban J connectivity index is 2.27. The number of fused-ring (bicyclic) bond motifs is 1. The Bertz CT molecular complexity index is 540. The number of rotatable bonds is 2. The molecule has 2 heterocycles. The Labute approximate surface area is 86.5 Å². The molecule has 1 aliphatic rings. The Morgan fingerprint density at radius 1 is 1.47 bits per heavy atom. The topological polar surface area (TPSA) is 71.8 Å². The van der Waals surface area contributed by atoms with Crippen molar-refractivity contribution in [2.45, 2.75) is 18.3 Å². The molecule has 0 atom stereocenters. The fraction of sp³-hybridized carbons (Fsp3) is 0.273. The van der Waals surface area contributed by atoms with Gasteiger partial charge in [0.25, 0.3) is 0 Å². The number of H-pyrrole nitrogens is 1. The lowest BCUT2D eigenvalue weighted by Crippen LogP contribution is -2.29. The molecule has 4 nitrogen and oxygen atoms in total. The molecule has 4 heteroatoms. The van der Waals surface area contributed by atoms with Crippen molar-refractivity contribution < 1.29 is 4.79 Å². The quantitative estimate of drug-likeness (QED) is 0.763. The third-order valence-corrected chi connectivity index (χ3v) is 3.15. The van der Waals surface area contributed by atoms with Crippen LogP contribution in [0.3, 0.4) is 0 Å². The molecule has 0 spiro atoms. The largest absolute Gasteiger partial charge is 0.369 e. The number of aromatic amines is 1. The molecule has 0 aliphatic heterocycles. The van der Waals surface area contributed by atoms with E-state index in [9.17, 15) is 4.79 Å².